The standard InChI is InChI=1S/C20H22FN5O2/c1-13(2)19-24-18(25-26(19)17-6-4-3-5-16(17)21)20(27)23-14-7-9-15(10-8-14)28-12-11-22/h3-10,13H,11-12,22H2,1-2H3,(H,23,27). The van der Waals surface area contributed by atoms with E-state index < -0.39 is 11.7 Å². The third-order valence-corrected chi connectivity index (χ3v) is 3.93. The van der Waals surface area contributed by atoms with Gasteiger partial charge in [0.2, 0.25) is 5.82 Å². The summed E-state index contributed by atoms with van der Waals surface area (Å²) in [5.41, 5.74) is 6.22. The Labute approximate surface area is 162 Å². The minimum atomic E-state index is -0.479. The minimum absolute atomic E-state index is 0.0320. The molecule has 0 saturated carbocycles. The molecule has 1 amide bonds. The molecule has 1 aromatic heterocycles. The van der Waals surface area contributed by atoms with Crippen molar-refractivity contribution in [2.75, 3.05) is 18.5 Å². The highest BCUT2D eigenvalue weighted by Crippen LogP contribution is 2.21. The van der Waals surface area contributed by atoms with E-state index in [1.54, 1.807) is 42.5 Å². The Morgan fingerprint density at radius 3 is 2.57 bits per heavy atom. The smallest absolute Gasteiger partial charge is 0.295 e. The highest BCUT2D eigenvalue weighted by molar-refractivity contribution is 6.01. The second-order valence-electron chi connectivity index (χ2n) is 6.43. The van der Waals surface area contributed by atoms with Crippen LogP contribution in [0, 0.1) is 5.82 Å². The molecule has 0 atom stereocenters. The third-order valence-electron chi connectivity index (χ3n) is 3.93. The summed E-state index contributed by atoms with van der Waals surface area (Å²) in [5.74, 6) is 0.165. The molecule has 3 N–H and O–H groups in total. The average Bonchev–Trinajstić information content (AvgIpc) is 3.13. The number of carbonyl (C=O) groups is 1. The Balaban J connectivity index is 1.82. The number of benzene rings is 2. The number of halogens is 1. The van der Waals surface area contributed by atoms with Crippen LogP contribution in [0.4, 0.5) is 10.1 Å². The number of hydrogen-bond donors (Lipinski definition) is 2. The fraction of sp³-hybridized carbons (Fsp3) is 0.250. The summed E-state index contributed by atoms with van der Waals surface area (Å²) in [4.78, 5) is 16.9. The first-order valence-electron chi connectivity index (χ1n) is 8.95. The van der Waals surface area contributed by atoms with Crippen molar-refractivity contribution in [3.63, 3.8) is 0 Å². The second kappa shape index (κ2) is 8.62. The maximum Gasteiger partial charge on any atom is 0.295 e. The number of hydrogen-bond acceptors (Lipinski definition) is 5. The van der Waals surface area contributed by atoms with Crippen molar-refractivity contribution < 1.29 is 13.9 Å². The number of carbonyl (C=O) groups excluding carboxylic acids is 1. The highest BCUT2D eigenvalue weighted by atomic mass is 19.1. The molecule has 0 aliphatic rings. The van der Waals surface area contributed by atoms with E-state index in [4.69, 9.17) is 10.5 Å². The van der Waals surface area contributed by atoms with Gasteiger partial charge in [0.1, 0.15) is 29.7 Å². The minimum Gasteiger partial charge on any atom is -0.492 e. The number of anilines is 1. The molecular weight excluding hydrogens is 361 g/mol. The highest BCUT2D eigenvalue weighted by Gasteiger charge is 2.21. The molecule has 3 aromatic rings. The molecule has 8 heteroatoms. The zero-order valence-corrected chi connectivity index (χ0v) is 15.7. The van der Waals surface area contributed by atoms with Crippen LogP contribution in [0.5, 0.6) is 5.75 Å². The van der Waals surface area contributed by atoms with Crippen molar-refractivity contribution in [1.29, 1.82) is 0 Å². The maximum atomic E-state index is 14.2. The number of aromatic nitrogens is 3. The Hall–Kier alpha value is -3.26. The van der Waals surface area contributed by atoms with Crippen LogP contribution in [0.2, 0.25) is 0 Å². The van der Waals surface area contributed by atoms with Crippen LogP contribution in [0.1, 0.15) is 36.2 Å². The van der Waals surface area contributed by atoms with Gasteiger partial charge in [0.15, 0.2) is 0 Å². The Bertz CT molecular complexity index is 953. The summed E-state index contributed by atoms with van der Waals surface area (Å²) >= 11 is 0. The Morgan fingerprint density at radius 2 is 1.93 bits per heavy atom. The van der Waals surface area contributed by atoms with E-state index in [0.717, 1.165) is 0 Å². The van der Waals surface area contributed by atoms with Gasteiger partial charge in [-0.3, -0.25) is 4.79 Å². The topological polar surface area (TPSA) is 95.1 Å². The maximum absolute atomic E-state index is 14.2. The summed E-state index contributed by atoms with van der Waals surface area (Å²) in [7, 11) is 0. The average molecular weight is 383 g/mol. The van der Waals surface area contributed by atoms with Gasteiger partial charge in [0.25, 0.3) is 5.91 Å². The third kappa shape index (κ3) is 4.34. The van der Waals surface area contributed by atoms with Crippen LogP contribution in [-0.4, -0.2) is 33.8 Å². The zero-order chi connectivity index (χ0) is 20.1. The quantitative estimate of drug-likeness (QED) is 0.654. The number of ether oxygens (including phenoxy) is 1. The predicted molar refractivity (Wildman–Crippen MR) is 104 cm³/mol. The molecule has 0 aliphatic heterocycles. The van der Waals surface area contributed by atoms with Crippen LogP contribution in [0.3, 0.4) is 0 Å². The van der Waals surface area contributed by atoms with E-state index in [1.807, 2.05) is 13.8 Å². The van der Waals surface area contributed by atoms with Crippen molar-refractivity contribution >= 4 is 11.6 Å². The number of nitrogens with two attached hydrogens (primary N) is 1. The zero-order valence-electron chi connectivity index (χ0n) is 15.7. The lowest BCUT2D eigenvalue weighted by molar-refractivity contribution is 0.101. The molecular formula is C20H22FN5O2. The van der Waals surface area contributed by atoms with Crippen molar-refractivity contribution in [2.45, 2.75) is 19.8 Å². The van der Waals surface area contributed by atoms with Gasteiger partial charge in [-0.2, -0.15) is 0 Å². The van der Waals surface area contributed by atoms with Crippen LogP contribution in [0.15, 0.2) is 48.5 Å². The summed E-state index contributed by atoms with van der Waals surface area (Å²) < 4.78 is 21.0. The molecule has 0 spiro atoms. The largest absolute Gasteiger partial charge is 0.492 e. The fourth-order valence-electron chi connectivity index (χ4n) is 2.59. The molecule has 0 bridgehead atoms. The lowest BCUT2D eigenvalue weighted by Gasteiger charge is -2.08. The van der Waals surface area contributed by atoms with E-state index in [-0.39, 0.29) is 17.4 Å². The van der Waals surface area contributed by atoms with Crippen molar-refractivity contribution in [1.82, 2.24) is 14.8 Å². The molecule has 3 rings (SSSR count). The van der Waals surface area contributed by atoms with Gasteiger partial charge in [0.05, 0.1) is 0 Å². The lowest BCUT2D eigenvalue weighted by Crippen LogP contribution is -2.14. The molecule has 28 heavy (non-hydrogen) atoms. The van der Waals surface area contributed by atoms with Crippen molar-refractivity contribution in [3.05, 3.63) is 66.0 Å². The first kappa shape index (κ1) is 19.5. The molecule has 146 valence electrons. The van der Waals surface area contributed by atoms with Gasteiger partial charge < -0.3 is 15.8 Å². The van der Waals surface area contributed by atoms with E-state index in [1.165, 1.54) is 10.7 Å². The lowest BCUT2D eigenvalue weighted by atomic mass is 10.2. The Morgan fingerprint density at radius 1 is 1.21 bits per heavy atom. The Kier molecular flexibility index (Phi) is 6.00. The molecule has 0 aliphatic carbocycles. The van der Waals surface area contributed by atoms with Gasteiger partial charge in [-0.25, -0.2) is 14.1 Å². The normalized spacial score (nSPS) is 10.9. The number of nitrogens with one attached hydrogen (secondary N) is 1. The number of rotatable bonds is 7. The van der Waals surface area contributed by atoms with Crippen LogP contribution >= 0.6 is 0 Å². The van der Waals surface area contributed by atoms with Gasteiger partial charge in [-0.05, 0) is 36.4 Å². The van der Waals surface area contributed by atoms with Crippen molar-refractivity contribution in [2.24, 2.45) is 5.73 Å². The monoisotopic (exact) mass is 383 g/mol. The van der Waals surface area contributed by atoms with Gasteiger partial charge in [-0.15, -0.1) is 5.10 Å². The molecule has 2 aromatic carbocycles. The fourth-order valence-corrected chi connectivity index (χ4v) is 2.59. The molecule has 7 nitrogen and oxygen atoms in total. The molecule has 1 heterocycles. The summed E-state index contributed by atoms with van der Waals surface area (Å²) in [6.07, 6.45) is 0. The number of amides is 1. The van der Waals surface area contributed by atoms with Crippen molar-refractivity contribution in [3.8, 4) is 11.4 Å². The van der Waals surface area contributed by atoms with Crippen LogP contribution in [0.25, 0.3) is 5.69 Å². The van der Waals surface area contributed by atoms with E-state index in [2.05, 4.69) is 15.4 Å². The van der Waals surface area contributed by atoms with Crippen LogP contribution < -0.4 is 15.8 Å². The first-order chi connectivity index (χ1) is 13.5. The molecule has 0 unspecified atom stereocenters. The van der Waals surface area contributed by atoms with E-state index >= 15 is 0 Å². The number of para-hydroxylation sites is 1. The van der Waals surface area contributed by atoms with Crippen LogP contribution in [-0.2, 0) is 0 Å². The molecule has 0 radical (unpaired) electrons. The molecule has 0 fully saturated rings. The van der Waals surface area contributed by atoms with Gasteiger partial charge in [-0.1, -0.05) is 26.0 Å². The number of nitrogens with zero attached hydrogens (tertiary/aromatic N) is 3. The van der Waals surface area contributed by atoms with E-state index in [0.29, 0.717) is 30.4 Å². The second-order valence-corrected chi connectivity index (χ2v) is 6.43. The van der Waals surface area contributed by atoms with E-state index in [9.17, 15) is 9.18 Å². The summed E-state index contributed by atoms with van der Waals surface area (Å²) in [6.45, 7) is 4.65. The van der Waals surface area contributed by atoms with Gasteiger partial charge in [0, 0.05) is 18.2 Å². The predicted octanol–water partition coefficient (Wildman–Crippen LogP) is 3.12. The SMILES string of the molecule is CC(C)c1nc(C(=O)Nc2ccc(OCCN)cc2)nn1-c1ccccc1F. The summed E-state index contributed by atoms with van der Waals surface area (Å²) in [5, 5.41) is 6.97. The molecule has 0 saturated heterocycles. The summed E-state index contributed by atoms with van der Waals surface area (Å²) in [6, 6.07) is 13.1. The van der Waals surface area contributed by atoms with Gasteiger partial charge >= 0.3 is 0 Å². The first-order valence-corrected chi connectivity index (χ1v) is 8.95.